The van der Waals surface area contributed by atoms with Crippen LogP contribution in [-0.4, -0.2) is 30.2 Å². The largest absolute Gasteiger partial charge is 0.459 e. The van der Waals surface area contributed by atoms with Crippen molar-refractivity contribution in [1.29, 1.82) is 0 Å². The number of hydrogen-bond donors (Lipinski definition) is 1. The van der Waals surface area contributed by atoms with Gasteiger partial charge in [0.2, 0.25) is 0 Å². The van der Waals surface area contributed by atoms with Crippen molar-refractivity contribution < 1.29 is 43.9 Å². The van der Waals surface area contributed by atoms with E-state index in [-0.39, 0.29) is 0 Å². The van der Waals surface area contributed by atoms with Crippen molar-refractivity contribution in [3.63, 3.8) is 0 Å². The summed E-state index contributed by atoms with van der Waals surface area (Å²) < 4.78 is 118. The van der Waals surface area contributed by atoms with Gasteiger partial charge in [-0.2, -0.15) is 43.9 Å². The Morgan fingerprint density at radius 1 is 0.688 bits per heavy atom. The zero-order chi connectivity index (χ0) is 13.6. The first kappa shape index (κ1) is 15.3. The van der Waals surface area contributed by atoms with Crippen molar-refractivity contribution in [2.75, 3.05) is 0 Å². The summed E-state index contributed by atoms with van der Waals surface area (Å²) in [5, 5.41) is 0. The molecule has 11 heteroatoms. The molecule has 0 radical (unpaired) electrons. The highest BCUT2D eigenvalue weighted by atomic mass is 19.4. The zero-order valence-electron chi connectivity index (χ0n) is 6.93. The molecule has 98 valence electrons. The molecule has 0 saturated carbocycles. The Morgan fingerprint density at radius 2 is 1.00 bits per heavy atom. The van der Waals surface area contributed by atoms with Gasteiger partial charge in [0.15, 0.2) is 6.04 Å². The standard InChI is InChI=1S/C5H3F10N/c6-2(7,1(16)3(8,9)10)4(11,12)5(13,14)15/h1H,16H2. The minimum Gasteiger partial charge on any atom is -0.315 e. The van der Waals surface area contributed by atoms with Crippen LogP contribution in [0.25, 0.3) is 0 Å². The van der Waals surface area contributed by atoms with Crippen LogP contribution in [0.15, 0.2) is 0 Å². The molecular formula is C5H3F10N. The molecule has 0 aliphatic rings. The fourth-order valence-electron chi connectivity index (χ4n) is 0.590. The molecule has 0 bridgehead atoms. The van der Waals surface area contributed by atoms with Crippen molar-refractivity contribution in [3.05, 3.63) is 0 Å². The van der Waals surface area contributed by atoms with E-state index < -0.39 is 30.2 Å². The lowest BCUT2D eigenvalue weighted by Gasteiger charge is -2.32. The molecule has 0 spiro atoms. The Hall–Kier alpha value is -0.740. The van der Waals surface area contributed by atoms with E-state index in [1.54, 1.807) is 0 Å². The van der Waals surface area contributed by atoms with Crippen molar-refractivity contribution >= 4 is 0 Å². The third-order valence-electron chi connectivity index (χ3n) is 1.52. The summed E-state index contributed by atoms with van der Waals surface area (Å²) >= 11 is 0. The van der Waals surface area contributed by atoms with Crippen LogP contribution in [0.1, 0.15) is 0 Å². The summed E-state index contributed by atoms with van der Waals surface area (Å²) in [4.78, 5) is 0. The second-order valence-electron chi connectivity index (χ2n) is 2.71. The average Bonchev–Trinajstić information content (AvgIpc) is 1.98. The number of nitrogens with two attached hydrogens (primary N) is 1. The lowest BCUT2D eigenvalue weighted by Crippen LogP contribution is -2.64. The normalized spacial score (nSPS) is 17.4. The first-order chi connectivity index (χ1) is 6.65. The molecule has 2 N–H and O–H groups in total. The van der Waals surface area contributed by atoms with E-state index in [1.807, 2.05) is 0 Å². The van der Waals surface area contributed by atoms with Crippen LogP contribution in [0.5, 0.6) is 0 Å². The lowest BCUT2D eigenvalue weighted by molar-refractivity contribution is -0.373. The summed E-state index contributed by atoms with van der Waals surface area (Å²) in [7, 11) is 0. The molecule has 0 aromatic rings. The molecular weight excluding hydrogens is 264 g/mol. The maximum atomic E-state index is 12.3. The Kier molecular flexibility index (Phi) is 3.47. The Morgan fingerprint density at radius 3 is 1.19 bits per heavy atom. The minimum atomic E-state index is -6.87. The summed E-state index contributed by atoms with van der Waals surface area (Å²) in [6.45, 7) is 0. The molecule has 0 aliphatic carbocycles. The second kappa shape index (κ2) is 3.64. The van der Waals surface area contributed by atoms with Gasteiger partial charge < -0.3 is 5.73 Å². The molecule has 0 fully saturated rings. The van der Waals surface area contributed by atoms with Gasteiger partial charge in [-0.3, -0.25) is 0 Å². The first-order valence-electron chi connectivity index (χ1n) is 3.30. The van der Waals surface area contributed by atoms with Crippen LogP contribution < -0.4 is 5.73 Å². The SMILES string of the molecule is NC(C(F)(F)F)C(F)(F)C(F)(F)C(F)(F)F. The zero-order valence-corrected chi connectivity index (χ0v) is 6.93. The highest BCUT2D eigenvalue weighted by Gasteiger charge is 2.78. The van der Waals surface area contributed by atoms with Crippen LogP contribution in [0.2, 0.25) is 0 Å². The summed E-state index contributed by atoms with van der Waals surface area (Å²) in [6.07, 6.45) is -12.9. The van der Waals surface area contributed by atoms with Gasteiger partial charge in [-0.05, 0) is 0 Å². The van der Waals surface area contributed by atoms with E-state index in [2.05, 4.69) is 5.73 Å². The third-order valence-corrected chi connectivity index (χ3v) is 1.52. The number of alkyl halides is 10. The Bertz CT molecular complexity index is 249. The van der Waals surface area contributed by atoms with E-state index >= 15 is 0 Å². The molecule has 0 amide bonds. The maximum Gasteiger partial charge on any atom is 0.459 e. The van der Waals surface area contributed by atoms with Crippen LogP contribution >= 0.6 is 0 Å². The van der Waals surface area contributed by atoms with Crippen molar-refractivity contribution in [2.45, 2.75) is 30.2 Å². The van der Waals surface area contributed by atoms with E-state index in [0.29, 0.717) is 0 Å². The molecule has 0 aromatic heterocycles. The van der Waals surface area contributed by atoms with E-state index in [0.717, 1.165) is 0 Å². The minimum absolute atomic E-state index is 3.66. The summed E-state index contributed by atoms with van der Waals surface area (Å²) in [5.74, 6) is -13.3. The molecule has 0 aliphatic heterocycles. The van der Waals surface area contributed by atoms with Gasteiger partial charge in [-0.15, -0.1) is 0 Å². The predicted molar refractivity (Wildman–Crippen MR) is 30.0 cm³/mol. The summed E-state index contributed by atoms with van der Waals surface area (Å²) in [6, 6.07) is -4.61. The fourth-order valence-corrected chi connectivity index (χ4v) is 0.590. The quantitative estimate of drug-likeness (QED) is 0.765. The third kappa shape index (κ3) is 2.33. The van der Waals surface area contributed by atoms with Crippen molar-refractivity contribution in [3.8, 4) is 0 Å². The van der Waals surface area contributed by atoms with Crippen LogP contribution in [0, 0.1) is 0 Å². The van der Waals surface area contributed by atoms with E-state index in [9.17, 15) is 43.9 Å². The van der Waals surface area contributed by atoms with E-state index in [4.69, 9.17) is 0 Å². The molecule has 16 heavy (non-hydrogen) atoms. The molecule has 0 saturated heterocycles. The molecule has 0 rings (SSSR count). The average molecular weight is 267 g/mol. The topological polar surface area (TPSA) is 26.0 Å². The smallest absolute Gasteiger partial charge is 0.315 e. The molecule has 1 nitrogen and oxygen atoms in total. The Balaban J connectivity index is 5.37. The van der Waals surface area contributed by atoms with Gasteiger partial charge >= 0.3 is 24.2 Å². The lowest BCUT2D eigenvalue weighted by atomic mass is 10.0. The van der Waals surface area contributed by atoms with Crippen LogP contribution in [0.3, 0.4) is 0 Å². The van der Waals surface area contributed by atoms with E-state index in [1.165, 1.54) is 0 Å². The number of rotatable bonds is 2. The monoisotopic (exact) mass is 267 g/mol. The highest BCUT2D eigenvalue weighted by molar-refractivity contribution is 5.00. The molecule has 0 heterocycles. The number of halogens is 10. The first-order valence-corrected chi connectivity index (χ1v) is 3.30. The van der Waals surface area contributed by atoms with Gasteiger partial charge in [0.1, 0.15) is 0 Å². The van der Waals surface area contributed by atoms with Crippen LogP contribution in [0.4, 0.5) is 43.9 Å². The van der Waals surface area contributed by atoms with Crippen molar-refractivity contribution in [2.24, 2.45) is 5.73 Å². The van der Waals surface area contributed by atoms with Gasteiger partial charge in [-0.25, -0.2) is 0 Å². The highest BCUT2D eigenvalue weighted by Crippen LogP contribution is 2.49. The van der Waals surface area contributed by atoms with Crippen LogP contribution in [-0.2, 0) is 0 Å². The summed E-state index contributed by atoms with van der Waals surface area (Å²) in [5.41, 5.74) is 3.66. The van der Waals surface area contributed by atoms with Crippen molar-refractivity contribution in [1.82, 2.24) is 0 Å². The molecule has 1 atom stereocenters. The fraction of sp³-hybridized carbons (Fsp3) is 1.00. The Labute approximate surface area is 81.2 Å². The van der Waals surface area contributed by atoms with Gasteiger partial charge in [0.25, 0.3) is 0 Å². The second-order valence-corrected chi connectivity index (χ2v) is 2.71. The van der Waals surface area contributed by atoms with Gasteiger partial charge in [0, 0.05) is 0 Å². The van der Waals surface area contributed by atoms with Gasteiger partial charge in [-0.1, -0.05) is 0 Å². The number of hydrogen-bond acceptors (Lipinski definition) is 1. The van der Waals surface area contributed by atoms with Gasteiger partial charge in [0.05, 0.1) is 0 Å². The maximum absolute atomic E-state index is 12.3. The predicted octanol–water partition coefficient (Wildman–Crippen LogP) is 2.71. The molecule has 0 aromatic carbocycles. The molecule has 1 unspecified atom stereocenters.